The van der Waals surface area contributed by atoms with Crippen LogP contribution in [0, 0.1) is 13.8 Å². The number of fused-ring (bicyclic) bond motifs is 4. The number of aromatic nitrogens is 3. The zero-order chi connectivity index (χ0) is 20.8. The van der Waals surface area contributed by atoms with Crippen LogP contribution in [0.4, 0.5) is 0 Å². The van der Waals surface area contributed by atoms with E-state index in [1.807, 2.05) is 41.6 Å². The van der Waals surface area contributed by atoms with Crippen molar-refractivity contribution >= 4 is 22.5 Å². The molecule has 1 atom stereocenters. The maximum absolute atomic E-state index is 13.0. The topological polar surface area (TPSA) is 50.5 Å². The fourth-order valence-electron chi connectivity index (χ4n) is 4.86. The number of carbonyl (C=O) groups excluding carboxylic acids is 1. The van der Waals surface area contributed by atoms with E-state index in [9.17, 15) is 4.79 Å². The van der Waals surface area contributed by atoms with Crippen molar-refractivity contribution in [2.45, 2.75) is 45.6 Å². The lowest BCUT2D eigenvalue weighted by Gasteiger charge is -2.26. The molecule has 1 aliphatic carbocycles. The minimum atomic E-state index is 0.182. The van der Waals surface area contributed by atoms with Gasteiger partial charge in [0.05, 0.1) is 11.6 Å². The maximum atomic E-state index is 13.0. The van der Waals surface area contributed by atoms with Gasteiger partial charge in [-0.15, -0.1) is 0 Å². The van der Waals surface area contributed by atoms with Crippen LogP contribution in [0.15, 0.2) is 48.5 Å². The van der Waals surface area contributed by atoms with Crippen LogP contribution in [-0.4, -0.2) is 32.5 Å². The highest BCUT2D eigenvalue weighted by atomic mass is 16.2. The highest BCUT2D eigenvalue weighted by molar-refractivity contribution is 5.92. The Labute approximate surface area is 176 Å². The van der Waals surface area contributed by atoms with Crippen LogP contribution in [0.25, 0.3) is 16.6 Å². The van der Waals surface area contributed by atoms with Gasteiger partial charge >= 0.3 is 0 Å². The SMILES string of the molecule is Cc1nc2c3ccccc3nn2c(C)c1CCC(=O)N(C)C1CCc2ccccc21. The molecule has 0 fully saturated rings. The molecule has 30 heavy (non-hydrogen) atoms. The third-order valence-corrected chi connectivity index (χ3v) is 6.57. The minimum absolute atomic E-state index is 0.182. The first-order valence-corrected chi connectivity index (χ1v) is 10.6. The lowest BCUT2D eigenvalue weighted by Crippen LogP contribution is -2.30. The smallest absolute Gasteiger partial charge is 0.223 e. The van der Waals surface area contributed by atoms with E-state index in [4.69, 9.17) is 10.1 Å². The summed E-state index contributed by atoms with van der Waals surface area (Å²) in [5, 5.41) is 5.79. The summed E-state index contributed by atoms with van der Waals surface area (Å²) in [5.74, 6) is 0.182. The standard InChI is InChI=1S/C25H26N4O/c1-16-19(17(2)29-25(26-16)21-10-6-7-11-22(21)27-29)13-15-24(30)28(3)23-14-12-18-8-4-5-9-20(18)23/h4-11,23H,12-15H2,1-3H3. The number of aryl methyl sites for hydroxylation is 3. The van der Waals surface area contributed by atoms with Crippen molar-refractivity contribution in [2.75, 3.05) is 7.05 Å². The summed E-state index contributed by atoms with van der Waals surface area (Å²) < 4.78 is 1.93. The predicted molar refractivity (Wildman–Crippen MR) is 119 cm³/mol. The van der Waals surface area contributed by atoms with Crippen LogP contribution in [0.2, 0.25) is 0 Å². The molecule has 0 aliphatic heterocycles. The first-order chi connectivity index (χ1) is 14.5. The summed E-state index contributed by atoms with van der Waals surface area (Å²) in [6.45, 7) is 4.11. The van der Waals surface area contributed by atoms with Gasteiger partial charge in [0, 0.05) is 30.2 Å². The van der Waals surface area contributed by atoms with E-state index in [1.54, 1.807) is 0 Å². The minimum Gasteiger partial charge on any atom is -0.339 e. The van der Waals surface area contributed by atoms with Gasteiger partial charge < -0.3 is 4.90 Å². The molecular weight excluding hydrogens is 372 g/mol. The van der Waals surface area contributed by atoms with Gasteiger partial charge in [-0.05, 0) is 61.9 Å². The first-order valence-electron chi connectivity index (χ1n) is 10.6. The molecule has 0 radical (unpaired) electrons. The summed E-state index contributed by atoms with van der Waals surface area (Å²) in [5.41, 5.74) is 7.66. The zero-order valence-corrected chi connectivity index (χ0v) is 17.7. The number of rotatable bonds is 4. The molecule has 4 aromatic rings. The second-order valence-electron chi connectivity index (χ2n) is 8.27. The van der Waals surface area contributed by atoms with Crippen molar-refractivity contribution in [3.8, 4) is 0 Å². The summed E-state index contributed by atoms with van der Waals surface area (Å²) in [4.78, 5) is 19.8. The molecule has 0 bridgehead atoms. The maximum Gasteiger partial charge on any atom is 0.223 e. The van der Waals surface area contributed by atoms with E-state index in [-0.39, 0.29) is 11.9 Å². The highest BCUT2D eigenvalue weighted by Crippen LogP contribution is 2.35. The van der Waals surface area contributed by atoms with Crippen LogP contribution in [0.3, 0.4) is 0 Å². The number of carbonyl (C=O) groups is 1. The van der Waals surface area contributed by atoms with Gasteiger partial charge in [0.1, 0.15) is 0 Å². The molecule has 2 aromatic carbocycles. The summed E-state index contributed by atoms with van der Waals surface area (Å²) >= 11 is 0. The number of amides is 1. The Balaban J connectivity index is 1.38. The predicted octanol–water partition coefficient (Wildman–Crippen LogP) is 4.58. The van der Waals surface area contributed by atoms with Gasteiger partial charge in [0.25, 0.3) is 0 Å². The number of hydrogen-bond acceptors (Lipinski definition) is 3. The molecule has 1 amide bonds. The van der Waals surface area contributed by atoms with E-state index in [2.05, 4.69) is 37.3 Å². The van der Waals surface area contributed by atoms with Crippen molar-refractivity contribution < 1.29 is 4.79 Å². The quantitative estimate of drug-likeness (QED) is 0.506. The molecule has 1 unspecified atom stereocenters. The number of benzene rings is 2. The van der Waals surface area contributed by atoms with Crippen molar-refractivity contribution in [1.82, 2.24) is 19.5 Å². The molecule has 5 rings (SSSR count). The Kier molecular flexibility index (Phi) is 4.54. The third-order valence-electron chi connectivity index (χ3n) is 6.57. The Bertz CT molecular complexity index is 1270. The molecule has 0 spiro atoms. The average molecular weight is 399 g/mol. The van der Waals surface area contributed by atoms with E-state index in [0.717, 1.165) is 46.3 Å². The van der Waals surface area contributed by atoms with Crippen LogP contribution >= 0.6 is 0 Å². The fourth-order valence-corrected chi connectivity index (χ4v) is 4.86. The average Bonchev–Trinajstić information content (AvgIpc) is 3.35. The lowest BCUT2D eigenvalue weighted by atomic mass is 10.0. The van der Waals surface area contributed by atoms with Crippen molar-refractivity contribution in [2.24, 2.45) is 0 Å². The van der Waals surface area contributed by atoms with E-state index < -0.39 is 0 Å². The first kappa shape index (κ1) is 18.8. The van der Waals surface area contributed by atoms with E-state index >= 15 is 0 Å². The Morgan fingerprint density at radius 2 is 1.90 bits per heavy atom. The van der Waals surface area contributed by atoms with Gasteiger partial charge in [0.15, 0.2) is 5.65 Å². The summed E-state index contributed by atoms with van der Waals surface area (Å²) in [6.07, 6.45) is 3.20. The van der Waals surface area contributed by atoms with Crippen LogP contribution in [-0.2, 0) is 17.6 Å². The van der Waals surface area contributed by atoms with Gasteiger partial charge in [-0.2, -0.15) is 5.10 Å². The van der Waals surface area contributed by atoms with Crippen LogP contribution in [0.5, 0.6) is 0 Å². The molecule has 1 aliphatic rings. The molecule has 2 aromatic heterocycles. The normalized spacial score (nSPS) is 15.6. The summed E-state index contributed by atoms with van der Waals surface area (Å²) in [6, 6.07) is 16.7. The van der Waals surface area contributed by atoms with Crippen LogP contribution in [0.1, 0.15) is 47.0 Å². The number of nitrogens with zero attached hydrogens (tertiary/aromatic N) is 4. The zero-order valence-electron chi connectivity index (χ0n) is 17.7. The summed E-state index contributed by atoms with van der Waals surface area (Å²) in [7, 11) is 1.94. The Morgan fingerprint density at radius 1 is 1.13 bits per heavy atom. The number of hydrogen-bond donors (Lipinski definition) is 0. The molecule has 0 saturated heterocycles. The molecule has 0 saturated carbocycles. The fraction of sp³-hybridized carbons (Fsp3) is 0.320. The van der Waals surface area contributed by atoms with Crippen molar-refractivity contribution in [1.29, 1.82) is 0 Å². The molecule has 0 N–H and O–H groups in total. The molecule has 152 valence electrons. The van der Waals surface area contributed by atoms with Gasteiger partial charge in [-0.1, -0.05) is 36.4 Å². The molecular formula is C25H26N4O. The largest absolute Gasteiger partial charge is 0.339 e. The van der Waals surface area contributed by atoms with E-state index in [1.165, 1.54) is 11.1 Å². The van der Waals surface area contributed by atoms with Crippen molar-refractivity contribution in [3.63, 3.8) is 0 Å². The van der Waals surface area contributed by atoms with Crippen molar-refractivity contribution in [3.05, 3.63) is 76.6 Å². The highest BCUT2D eigenvalue weighted by Gasteiger charge is 2.28. The van der Waals surface area contributed by atoms with Crippen LogP contribution < -0.4 is 0 Å². The molecule has 5 nitrogen and oxygen atoms in total. The lowest BCUT2D eigenvalue weighted by molar-refractivity contribution is -0.132. The van der Waals surface area contributed by atoms with E-state index in [0.29, 0.717) is 12.8 Å². The van der Waals surface area contributed by atoms with Gasteiger partial charge in [0.2, 0.25) is 5.91 Å². The Hall–Kier alpha value is -3.21. The second-order valence-corrected chi connectivity index (χ2v) is 8.27. The molecule has 2 heterocycles. The van der Waals surface area contributed by atoms with Gasteiger partial charge in [-0.25, -0.2) is 9.50 Å². The third kappa shape index (κ3) is 2.96. The van der Waals surface area contributed by atoms with Gasteiger partial charge in [-0.3, -0.25) is 4.79 Å². The second kappa shape index (κ2) is 7.24. The Morgan fingerprint density at radius 3 is 2.77 bits per heavy atom. The molecule has 5 heteroatoms. The monoisotopic (exact) mass is 398 g/mol.